The van der Waals surface area contributed by atoms with Crippen molar-refractivity contribution in [3.05, 3.63) is 44.0 Å². The second-order valence-corrected chi connectivity index (χ2v) is 6.41. The van der Waals surface area contributed by atoms with Crippen molar-refractivity contribution in [1.82, 2.24) is 0 Å². The van der Waals surface area contributed by atoms with Gasteiger partial charge in [-0.05, 0) is 24.7 Å². The lowest BCUT2D eigenvalue weighted by atomic mass is 9.90. The van der Waals surface area contributed by atoms with Crippen LogP contribution in [0.3, 0.4) is 0 Å². The van der Waals surface area contributed by atoms with Gasteiger partial charge in [0.15, 0.2) is 0 Å². The Balaban J connectivity index is 2.68. The van der Waals surface area contributed by atoms with Gasteiger partial charge in [0.1, 0.15) is 0 Å². The Morgan fingerprint density at radius 2 is 1.57 bits per heavy atom. The molecule has 0 N–H and O–H groups in total. The zero-order valence-corrected chi connectivity index (χ0v) is 13.4. The third-order valence-corrected chi connectivity index (χ3v) is 3.11. The first-order chi connectivity index (χ1) is 10.6. The summed E-state index contributed by atoms with van der Waals surface area (Å²) in [6.45, 7) is 6.51. The van der Waals surface area contributed by atoms with Gasteiger partial charge in [0, 0.05) is 12.1 Å². The first-order valence-electron chi connectivity index (χ1n) is 7.21. The van der Waals surface area contributed by atoms with Crippen molar-refractivity contribution in [3.63, 3.8) is 0 Å². The molecule has 0 atom stereocenters. The third-order valence-electron chi connectivity index (χ3n) is 3.11. The highest BCUT2D eigenvalue weighted by Crippen LogP contribution is 2.24. The van der Waals surface area contributed by atoms with E-state index in [-0.39, 0.29) is 17.6 Å². The molecule has 0 bridgehead atoms. The van der Waals surface area contributed by atoms with Crippen LogP contribution in [0.5, 0.6) is 0 Å². The molecule has 0 aromatic heterocycles. The SMILES string of the molecule is CC(C)(C)CCCCOC(=O)c1cc([N+](=O)[O-])cc([N+](=O)[O-])c1. The van der Waals surface area contributed by atoms with Crippen LogP contribution in [-0.2, 0) is 4.74 Å². The lowest BCUT2D eigenvalue weighted by Crippen LogP contribution is -2.09. The van der Waals surface area contributed by atoms with Gasteiger partial charge in [-0.15, -0.1) is 0 Å². The normalized spacial score (nSPS) is 11.1. The summed E-state index contributed by atoms with van der Waals surface area (Å²) in [5.41, 5.74) is -1.02. The molecule has 1 aromatic rings. The van der Waals surface area contributed by atoms with Crippen molar-refractivity contribution in [3.8, 4) is 0 Å². The number of nitro benzene ring substituents is 2. The molecule has 0 spiro atoms. The summed E-state index contributed by atoms with van der Waals surface area (Å²) >= 11 is 0. The van der Waals surface area contributed by atoms with E-state index in [0.29, 0.717) is 6.42 Å². The van der Waals surface area contributed by atoms with E-state index < -0.39 is 27.2 Å². The van der Waals surface area contributed by atoms with Gasteiger partial charge >= 0.3 is 5.97 Å². The van der Waals surface area contributed by atoms with E-state index in [1.54, 1.807) is 0 Å². The molecule has 8 nitrogen and oxygen atoms in total. The average Bonchev–Trinajstić information content (AvgIpc) is 2.44. The van der Waals surface area contributed by atoms with Crippen LogP contribution >= 0.6 is 0 Å². The highest BCUT2D eigenvalue weighted by Gasteiger charge is 2.20. The molecule has 0 unspecified atom stereocenters. The number of unbranched alkanes of at least 4 members (excludes halogenated alkanes) is 1. The maximum atomic E-state index is 11.9. The monoisotopic (exact) mass is 324 g/mol. The number of nitrogens with zero attached hydrogens (tertiary/aromatic N) is 2. The van der Waals surface area contributed by atoms with Crippen LogP contribution in [0.2, 0.25) is 0 Å². The molecule has 0 saturated carbocycles. The lowest BCUT2D eigenvalue weighted by Gasteiger charge is -2.17. The molecule has 0 aliphatic carbocycles. The van der Waals surface area contributed by atoms with E-state index in [4.69, 9.17) is 4.74 Å². The van der Waals surface area contributed by atoms with E-state index in [9.17, 15) is 25.0 Å². The van der Waals surface area contributed by atoms with Crippen molar-refractivity contribution in [2.24, 2.45) is 5.41 Å². The van der Waals surface area contributed by atoms with Crippen LogP contribution in [0.1, 0.15) is 50.4 Å². The van der Waals surface area contributed by atoms with E-state index in [1.807, 2.05) is 0 Å². The highest BCUT2D eigenvalue weighted by molar-refractivity contribution is 5.91. The van der Waals surface area contributed by atoms with Crippen molar-refractivity contribution < 1.29 is 19.4 Å². The molecule has 1 aromatic carbocycles. The third kappa shape index (κ3) is 6.41. The van der Waals surface area contributed by atoms with E-state index in [0.717, 1.165) is 31.0 Å². The number of nitro groups is 2. The smallest absolute Gasteiger partial charge is 0.338 e. The Kier molecular flexibility index (Phi) is 6.18. The maximum absolute atomic E-state index is 11.9. The van der Waals surface area contributed by atoms with Gasteiger partial charge in [0.25, 0.3) is 11.4 Å². The molecule has 1 rings (SSSR count). The second kappa shape index (κ2) is 7.66. The number of non-ortho nitro benzene ring substituents is 2. The van der Waals surface area contributed by atoms with Crippen LogP contribution in [0.25, 0.3) is 0 Å². The fourth-order valence-corrected chi connectivity index (χ4v) is 1.93. The Morgan fingerprint density at radius 3 is 2.00 bits per heavy atom. The minimum absolute atomic E-state index is 0.172. The molecule has 0 aliphatic heterocycles. The molecule has 23 heavy (non-hydrogen) atoms. The number of rotatable bonds is 7. The largest absolute Gasteiger partial charge is 0.462 e. The topological polar surface area (TPSA) is 113 Å². The molecule has 0 fully saturated rings. The van der Waals surface area contributed by atoms with E-state index >= 15 is 0 Å². The number of ether oxygens (including phenoxy) is 1. The van der Waals surface area contributed by atoms with Crippen LogP contribution < -0.4 is 0 Å². The molecular formula is C15H20N2O6. The average molecular weight is 324 g/mol. The molecule has 126 valence electrons. The molecule has 8 heteroatoms. The summed E-state index contributed by atoms with van der Waals surface area (Å²) in [7, 11) is 0. The van der Waals surface area contributed by atoms with Crippen LogP contribution in [-0.4, -0.2) is 22.4 Å². The molecule has 0 saturated heterocycles. The summed E-state index contributed by atoms with van der Waals surface area (Å²) in [4.78, 5) is 31.9. The van der Waals surface area contributed by atoms with Gasteiger partial charge in [-0.1, -0.05) is 20.8 Å². The second-order valence-electron chi connectivity index (χ2n) is 6.41. The van der Waals surface area contributed by atoms with Crippen LogP contribution in [0.15, 0.2) is 18.2 Å². The Hall–Kier alpha value is -2.51. The summed E-state index contributed by atoms with van der Waals surface area (Å²) < 4.78 is 5.03. The van der Waals surface area contributed by atoms with Gasteiger partial charge in [0.05, 0.1) is 28.1 Å². The first kappa shape index (κ1) is 18.5. The number of carbonyl (C=O) groups is 1. The number of carbonyl (C=O) groups excluding carboxylic acids is 1. The van der Waals surface area contributed by atoms with Gasteiger partial charge in [0.2, 0.25) is 0 Å². The molecule has 0 amide bonds. The van der Waals surface area contributed by atoms with Gasteiger partial charge in [-0.3, -0.25) is 20.2 Å². The van der Waals surface area contributed by atoms with Crippen molar-refractivity contribution in [2.45, 2.75) is 40.0 Å². The predicted octanol–water partition coefficient (Wildman–Crippen LogP) is 3.88. The lowest BCUT2D eigenvalue weighted by molar-refractivity contribution is -0.394. The molecular weight excluding hydrogens is 304 g/mol. The number of hydrogen-bond donors (Lipinski definition) is 0. The minimum atomic E-state index is -0.799. The fourth-order valence-electron chi connectivity index (χ4n) is 1.93. The van der Waals surface area contributed by atoms with Crippen LogP contribution in [0.4, 0.5) is 11.4 Å². The predicted molar refractivity (Wildman–Crippen MR) is 83.3 cm³/mol. The maximum Gasteiger partial charge on any atom is 0.338 e. The summed E-state index contributed by atoms with van der Waals surface area (Å²) in [5.74, 6) is -0.799. The zero-order chi connectivity index (χ0) is 17.6. The molecule has 0 heterocycles. The molecule has 0 radical (unpaired) electrons. The molecule has 0 aliphatic rings. The summed E-state index contributed by atoms with van der Waals surface area (Å²) in [6, 6.07) is 2.76. The Bertz CT molecular complexity index is 574. The quantitative estimate of drug-likeness (QED) is 0.325. The van der Waals surface area contributed by atoms with Gasteiger partial charge in [-0.2, -0.15) is 0 Å². The Labute approximate surface area is 133 Å². The van der Waals surface area contributed by atoms with Crippen molar-refractivity contribution in [1.29, 1.82) is 0 Å². The van der Waals surface area contributed by atoms with E-state index in [2.05, 4.69) is 20.8 Å². The summed E-state index contributed by atoms with van der Waals surface area (Å²) in [6.07, 6.45) is 2.53. The number of hydrogen-bond acceptors (Lipinski definition) is 6. The van der Waals surface area contributed by atoms with E-state index in [1.165, 1.54) is 0 Å². The fraction of sp³-hybridized carbons (Fsp3) is 0.533. The van der Waals surface area contributed by atoms with Crippen molar-refractivity contribution in [2.75, 3.05) is 6.61 Å². The summed E-state index contributed by atoms with van der Waals surface area (Å²) in [5, 5.41) is 21.5. The Morgan fingerprint density at radius 1 is 1.04 bits per heavy atom. The van der Waals surface area contributed by atoms with Gasteiger partial charge < -0.3 is 4.74 Å². The van der Waals surface area contributed by atoms with Crippen LogP contribution in [0, 0.1) is 25.6 Å². The highest BCUT2D eigenvalue weighted by atomic mass is 16.6. The number of esters is 1. The number of benzene rings is 1. The van der Waals surface area contributed by atoms with Gasteiger partial charge in [-0.25, -0.2) is 4.79 Å². The van der Waals surface area contributed by atoms with Crippen molar-refractivity contribution >= 4 is 17.3 Å². The zero-order valence-electron chi connectivity index (χ0n) is 13.4. The minimum Gasteiger partial charge on any atom is -0.462 e. The standard InChI is InChI=1S/C15H20N2O6/c1-15(2,3)6-4-5-7-23-14(18)11-8-12(16(19)20)10-13(9-11)17(21)22/h8-10H,4-7H2,1-3H3. The first-order valence-corrected chi connectivity index (χ1v) is 7.21.